The number of ether oxygens (including phenoxy) is 3. The number of hydrogen-bond acceptors (Lipinski definition) is 8. The van der Waals surface area contributed by atoms with Crippen LogP contribution in [0.3, 0.4) is 0 Å². The highest BCUT2D eigenvalue weighted by atomic mass is 16.5. The predicted octanol–water partition coefficient (Wildman–Crippen LogP) is 4.79. The van der Waals surface area contributed by atoms with Gasteiger partial charge in [0.2, 0.25) is 5.75 Å². The minimum Gasteiger partial charge on any atom is -0.507 e. The van der Waals surface area contributed by atoms with Crippen LogP contribution >= 0.6 is 0 Å². The lowest BCUT2D eigenvalue weighted by atomic mass is 9.94. The van der Waals surface area contributed by atoms with Gasteiger partial charge in [0.05, 0.1) is 32.9 Å². The van der Waals surface area contributed by atoms with E-state index in [1.54, 1.807) is 37.3 Å². The van der Waals surface area contributed by atoms with E-state index in [4.69, 9.17) is 18.7 Å². The molecule has 0 saturated carbocycles. The molecule has 37 heavy (non-hydrogen) atoms. The van der Waals surface area contributed by atoms with Gasteiger partial charge >= 0.3 is 5.91 Å². The number of aromatic nitrogens is 1. The minimum absolute atomic E-state index is 0.102. The Hall–Kier alpha value is -4.79. The van der Waals surface area contributed by atoms with Crippen LogP contribution < -0.4 is 19.1 Å². The maximum atomic E-state index is 13.4. The zero-order valence-corrected chi connectivity index (χ0v) is 20.6. The first-order valence-corrected chi connectivity index (χ1v) is 11.4. The van der Waals surface area contributed by atoms with Gasteiger partial charge in [-0.2, -0.15) is 0 Å². The van der Waals surface area contributed by atoms with Crippen LogP contribution in [0.1, 0.15) is 22.9 Å². The summed E-state index contributed by atoms with van der Waals surface area (Å²) in [5, 5.41) is 17.3. The number of Topliss-reactive ketones (excluding diaryl/α,β-unsaturated/α-hetero) is 1. The molecule has 3 aromatic carbocycles. The highest BCUT2D eigenvalue weighted by Gasteiger charge is 2.48. The number of hydrogen-bond donors (Lipinski definition) is 1. The summed E-state index contributed by atoms with van der Waals surface area (Å²) in [6.07, 6.45) is 0. The van der Waals surface area contributed by atoms with Crippen LogP contribution in [0.15, 0.2) is 70.8 Å². The van der Waals surface area contributed by atoms with Gasteiger partial charge < -0.3 is 23.8 Å². The lowest BCUT2D eigenvalue weighted by Gasteiger charge is -2.24. The van der Waals surface area contributed by atoms with E-state index in [9.17, 15) is 14.7 Å². The smallest absolute Gasteiger partial charge is 0.301 e. The molecule has 1 saturated heterocycles. The van der Waals surface area contributed by atoms with E-state index in [1.165, 1.54) is 26.2 Å². The standard InChI is InChI=1S/C28H24N2O7/c1-15-11-22(29-37-15)30-24(19-13-20(34-2)27(36-4)21(14-19)35-3)23(26(32)28(30)33)25(31)18-10-9-16-7-5-6-8-17(16)12-18/h5-14,24,31H,1-4H3. The first kappa shape index (κ1) is 23.9. The summed E-state index contributed by atoms with van der Waals surface area (Å²) in [7, 11) is 4.41. The van der Waals surface area contributed by atoms with Gasteiger partial charge in [0.25, 0.3) is 5.78 Å². The van der Waals surface area contributed by atoms with Gasteiger partial charge in [-0.25, -0.2) is 0 Å². The summed E-state index contributed by atoms with van der Waals surface area (Å²) >= 11 is 0. The molecule has 1 aliphatic rings. The van der Waals surface area contributed by atoms with E-state index < -0.39 is 17.7 Å². The second kappa shape index (κ2) is 9.34. The Morgan fingerprint density at radius 2 is 1.59 bits per heavy atom. The topological polar surface area (TPSA) is 111 Å². The highest BCUT2D eigenvalue weighted by Crippen LogP contribution is 2.47. The van der Waals surface area contributed by atoms with Crippen molar-refractivity contribution in [3.05, 3.63) is 83.1 Å². The van der Waals surface area contributed by atoms with Crippen molar-refractivity contribution in [1.82, 2.24) is 5.16 Å². The molecule has 1 aliphatic heterocycles. The largest absolute Gasteiger partial charge is 0.507 e. The van der Waals surface area contributed by atoms with Crippen LogP contribution in [0, 0.1) is 6.92 Å². The molecule has 9 nitrogen and oxygen atoms in total. The first-order chi connectivity index (χ1) is 17.9. The number of aliphatic hydroxyl groups excluding tert-OH is 1. The van der Waals surface area contributed by atoms with Crippen LogP contribution in [0.4, 0.5) is 5.82 Å². The summed E-state index contributed by atoms with van der Waals surface area (Å²) in [5.41, 5.74) is 0.734. The fourth-order valence-electron chi connectivity index (χ4n) is 4.60. The van der Waals surface area contributed by atoms with Gasteiger partial charge in [-0.05, 0) is 41.5 Å². The summed E-state index contributed by atoms with van der Waals surface area (Å²) < 4.78 is 21.6. The molecule has 1 N–H and O–H groups in total. The number of aliphatic hydroxyl groups is 1. The van der Waals surface area contributed by atoms with Gasteiger partial charge in [0.1, 0.15) is 11.5 Å². The number of rotatable bonds is 6. The van der Waals surface area contributed by atoms with Crippen LogP contribution in [0.2, 0.25) is 0 Å². The molecule has 0 spiro atoms. The van der Waals surface area contributed by atoms with E-state index >= 15 is 0 Å². The molecule has 0 radical (unpaired) electrons. The summed E-state index contributed by atoms with van der Waals surface area (Å²) in [6, 6.07) is 16.7. The Labute approximate surface area is 212 Å². The maximum Gasteiger partial charge on any atom is 0.301 e. The molecule has 188 valence electrons. The van der Waals surface area contributed by atoms with Crippen molar-refractivity contribution >= 4 is 34.0 Å². The molecule has 1 aromatic heterocycles. The van der Waals surface area contributed by atoms with Crippen LogP contribution in [0.5, 0.6) is 17.2 Å². The number of carbonyl (C=O) groups is 2. The van der Waals surface area contributed by atoms with Crippen molar-refractivity contribution in [2.45, 2.75) is 13.0 Å². The van der Waals surface area contributed by atoms with Crippen molar-refractivity contribution in [3.63, 3.8) is 0 Å². The third kappa shape index (κ3) is 3.94. The molecular weight excluding hydrogens is 476 g/mol. The molecule has 2 heterocycles. The molecule has 1 unspecified atom stereocenters. The number of amides is 1. The predicted molar refractivity (Wildman–Crippen MR) is 136 cm³/mol. The molecule has 1 amide bonds. The highest BCUT2D eigenvalue weighted by molar-refractivity contribution is 6.51. The van der Waals surface area contributed by atoms with Gasteiger partial charge in [-0.3, -0.25) is 14.5 Å². The Kier molecular flexibility index (Phi) is 6.04. The number of benzene rings is 3. The molecular formula is C28H24N2O7. The third-order valence-corrected chi connectivity index (χ3v) is 6.33. The monoisotopic (exact) mass is 500 g/mol. The van der Waals surface area contributed by atoms with Gasteiger partial charge in [0.15, 0.2) is 17.3 Å². The van der Waals surface area contributed by atoms with Gasteiger partial charge in [-0.1, -0.05) is 41.6 Å². The zero-order chi connectivity index (χ0) is 26.3. The molecule has 5 rings (SSSR count). The molecule has 9 heteroatoms. The van der Waals surface area contributed by atoms with Gasteiger partial charge in [0, 0.05) is 11.6 Å². The van der Waals surface area contributed by atoms with Crippen LogP contribution in [-0.4, -0.2) is 43.3 Å². The van der Waals surface area contributed by atoms with Crippen molar-refractivity contribution in [3.8, 4) is 17.2 Å². The van der Waals surface area contributed by atoms with Crippen LogP contribution in [0.25, 0.3) is 16.5 Å². The fraction of sp³-hybridized carbons (Fsp3) is 0.179. The van der Waals surface area contributed by atoms with Crippen LogP contribution in [-0.2, 0) is 9.59 Å². The number of fused-ring (bicyclic) bond motifs is 1. The molecule has 4 aromatic rings. The summed E-state index contributed by atoms with van der Waals surface area (Å²) in [5.74, 6) is -0.442. The lowest BCUT2D eigenvalue weighted by molar-refractivity contribution is -0.132. The fourth-order valence-corrected chi connectivity index (χ4v) is 4.60. The second-order valence-electron chi connectivity index (χ2n) is 8.49. The van der Waals surface area contributed by atoms with Gasteiger partial charge in [-0.15, -0.1) is 0 Å². The Bertz CT molecular complexity index is 1540. The molecule has 0 aliphatic carbocycles. The van der Waals surface area contributed by atoms with E-state index in [-0.39, 0.29) is 17.2 Å². The number of ketones is 1. The normalized spacial score (nSPS) is 16.9. The zero-order valence-electron chi connectivity index (χ0n) is 20.6. The van der Waals surface area contributed by atoms with Crippen molar-refractivity contribution < 1.29 is 33.4 Å². The lowest BCUT2D eigenvalue weighted by Crippen LogP contribution is -2.29. The number of aryl methyl sites for hydroxylation is 1. The Balaban J connectivity index is 1.77. The summed E-state index contributed by atoms with van der Waals surface area (Å²) in [6.45, 7) is 1.68. The van der Waals surface area contributed by atoms with Crippen molar-refractivity contribution in [2.24, 2.45) is 0 Å². The Morgan fingerprint density at radius 3 is 2.19 bits per heavy atom. The second-order valence-corrected chi connectivity index (χ2v) is 8.49. The SMILES string of the molecule is COc1cc(C2C(=C(O)c3ccc4ccccc4c3)C(=O)C(=O)N2c2cc(C)on2)cc(OC)c1OC. The molecule has 1 atom stereocenters. The summed E-state index contributed by atoms with van der Waals surface area (Å²) in [4.78, 5) is 28.0. The average Bonchev–Trinajstić information content (AvgIpc) is 3.46. The maximum absolute atomic E-state index is 13.4. The van der Waals surface area contributed by atoms with E-state index in [0.29, 0.717) is 34.1 Å². The molecule has 1 fully saturated rings. The number of carbonyl (C=O) groups excluding carboxylic acids is 2. The van der Waals surface area contributed by atoms with E-state index in [2.05, 4.69) is 5.16 Å². The van der Waals surface area contributed by atoms with Crippen molar-refractivity contribution in [2.75, 3.05) is 26.2 Å². The van der Waals surface area contributed by atoms with E-state index in [1.807, 2.05) is 30.3 Å². The third-order valence-electron chi connectivity index (χ3n) is 6.33. The quantitative estimate of drug-likeness (QED) is 0.229. The first-order valence-electron chi connectivity index (χ1n) is 11.4. The number of methoxy groups -OCH3 is 3. The van der Waals surface area contributed by atoms with E-state index in [0.717, 1.165) is 10.8 Å². The number of nitrogens with zero attached hydrogens (tertiary/aromatic N) is 2. The molecule has 0 bridgehead atoms. The minimum atomic E-state index is -1.05. The average molecular weight is 501 g/mol. The van der Waals surface area contributed by atoms with Crippen molar-refractivity contribution in [1.29, 1.82) is 0 Å². The number of anilines is 1. The Morgan fingerprint density at radius 1 is 0.919 bits per heavy atom.